The molecule has 1 aliphatic rings. The first-order valence-electron chi connectivity index (χ1n) is 9.01. The third kappa shape index (κ3) is 4.20. The Morgan fingerprint density at radius 1 is 1.08 bits per heavy atom. The first-order chi connectivity index (χ1) is 12.1. The lowest BCUT2D eigenvalue weighted by atomic mass is 9.79. The van der Waals surface area contributed by atoms with Crippen molar-refractivity contribution >= 4 is 23.2 Å². The summed E-state index contributed by atoms with van der Waals surface area (Å²) in [6.07, 6.45) is 3.17. The highest BCUT2D eigenvalue weighted by Crippen LogP contribution is 2.44. The molecule has 0 aliphatic carbocycles. The molecule has 0 spiro atoms. The number of aliphatic hydroxyl groups is 1. The van der Waals surface area contributed by atoms with E-state index in [9.17, 15) is 5.11 Å². The largest absolute Gasteiger partial charge is 0.395 e. The maximum atomic E-state index is 9.90. The van der Waals surface area contributed by atoms with Gasteiger partial charge in [-0.05, 0) is 61.2 Å². The number of hydrogen-bond donors (Lipinski definition) is 1. The van der Waals surface area contributed by atoms with E-state index < -0.39 is 0 Å². The number of likely N-dealkylation sites (tertiary alicyclic amines) is 1. The zero-order chi connectivity index (χ0) is 17.8. The zero-order valence-corrected chi connectivity index (χ0v) is 16.0. The summed E-state index contributed by atoms with van der Waals surface area (Å²) in [7, 11) is 0. The van der Waals surface area contributed by atoms with Gasteiger partial charge in [0.15, 0.2) is 0 Å². The molecule has 1 N–H and O–H groups in total. The average molecular weight is 378 g/mol. The lowest BCUT2D eigenvalue weighted by molar-refractivity contribution is 0.0421. The smallest absolute Gasteiger partial charge is 0.0586 e. The summed E-state index contributed by atoms with van der Waals surface area (Å²) >= 11 is 12.4. The van der Waals surface area contributed by atoms with E-state index in [0.717, 1.165) is 35.9 Å². The minimum Gasteiger partial charge on any atom is -0.395 e. The number of halogens is 2. The number of benzene rings is 2. The highest BCUT2D eigenvalue weighted by molar-refractivity contribution is 6.30. The number of aliphatic hydroxyl groups excluding tert-OH is 1. The molecule has 2 aromatic rings. The molecule has 0 unspecified atom stereocenters. The van der Waals surface area contributed by atoms with Crippen LogP contribution >= 0.6 is 23.2 Å². The van der Waals surface area contributed by atoms with Crippen LogP contribution in [0.15, 0.2) is 48.5 Å². The lowest BCUT2D eigenvalue weighted by Crippen LogP contribution is -2.45. The molecule has 0 bridgehead atoms. The number of rotatable bonds is 5. The van der Waals surface area contributed by atoms with Crippen LogP contribution in [0.1, 0.15) is 49.3 Å². The zero-order valence-electron chi connectivity index (χ0n) is 14.5. The van der Waals surface area contributed by atoms with E-state index in [1.54, 1.807) is 0 Å². The van der Waals surface area contributed by atoms with Gasteiger partial charge in [-0.15, -0.1) is 0 Å². The van der Waals surface area contributed by atoms with Crippen molar-refractivity contribution in [3.8, 4) is 0 Å². The minimum atomic E-state index is 0.169. The summed E-state index contributed by atoms with van der Waals surface area (Å²) in [5.74, 6) is 0.356. The molecule has 3 atom stereocenters. The van der Waals surface area contributed by atoms with Crippen LogP contribution in [0.3, 0.4) is 0 Å². The van der Waals surface area contributed by atoms with Crippen LogP contribution in [0, 0.1) is 0 Å². The summed E-state index contributed by atoms with van der Waals surface area (Å²) in [5.41, 5.74) is 2.52. The predicted octanol–water partition coefficient (Wildman–Crippen LogP) is 5.69. The molecule has 1 aliphatic heterocycles. The van der Waals surface area contributed by atoms with Crippen LogP contribution in [-0.2, 0) is 0 Å². The highest BCUT2D eigenvalue weighted by Gasteiger charge is 2.36. The Balaban J connectivity index is 2.03. The van der Waals surface area contributed by atoms with Gasteiger partial charge in [-0.1, -0.05) is 54.4 Å². The van der Waals surface area contributed by atoms with E-state index in [1.807, 2.05) is 24.3 Å². The average Bonchev–Trinajstić information content (AvgIpc) is 2.63. The monoisotopic (exact) mass is 377 g/mol. The quantitative estimate of drug-likeness (QED) is 0.723. The molecule has 134 valence electrons. The number of hydrogen-bond acceptors (Lipinski definition) is 2. The van der Waals surface area contributed by atoms with Crippen LogP contribution in [-0.4, -0.2) is 29.2 Å². The van der Waals surface area contributed by atoms with E-state index in [0.29, 0.717) is 5.92 Å². The second-order valence-corrected chi connectivity index (χ2v) is 7.66. The van der Waals surface area contributed by atoms with Gasteiger partial charge in [0.05, 0.1) is 6.61 Å². The number of piperidine rings is 1. The van der Waals surface area contributed by atoms with Gasteiger partial charge in [-0.2, -0.15) is 0 Å². The van der Waals surface area contributed by atoms with Crippen LogP contribution < -0.4 is 0 Å². The molecule has 1 fully saturated rings. The molecular weight excluding hydrogens is 353 g/mol. The standard InChI is InChI=1S/C21H25Cl2NO/c1-2-19(14-25)24-12-4-7-20(16-5-3-6-18(23)13-16)21(24)15-8-10-17(22)11-9-15/h3,5-6,8-11,13,19-21,25H,2,4,7,12,14H2,1H3/t19-,20+,21+/m0/s1. The lowest BCUT2D eigenvalue weighted by Gasteiger charge is -2.45. The van der Waals surface area contributed by atoms with Gasteiger partial charge < -0.3 is 5.11 Å². The maximum Gasteiger partial charge on any atom is 0.0586 e. The third-order valence-corrected chi connectivity index (χ3v) is 5.80. The molecule has 0 saturated carbocycles. The molecule has 0 aromatic heterocycles. The van der Waals surface area contributed by atoms with E-state index in [-0.39, 0.29) is 18.7 Å². The molecule has 0 radical (unpaired) electrons. The van der Waals surface area contributed by atoms with Crippen molar-refractivity contribution < 1.29 is 5.11 Å². The van der Waals surface area contributed by atoms with E-state index in [1.165, 1.54) is 11.1 Å². The van der Waals surface area contributed by atoms with Gasteiger partial charge in [-0.3, -0.25) is 4.90 Å². The van der Waals surface area contributed by atoms with Gasteiger partial charge in [0.2, 0.25) is 0 Å². The normalized spacial score (nSPS) is 22.7. The highest BCUT2D eigenvalue weighted by atomic mass is 35.5. The maximum absolute atomic E-state index is 9.90. The Bertz CT molecular complexity index is 685. The first kappa shape index (κ1) is 18.7. The number of nitrogens with zero attached hydrogens (tertiary/aromatic N) is 1. The predicted molar refractivity (Wildman–Crippen MR) is 105 cm³/mol. The van der Waals surface area contributed by atoms with Gasteiger partial charge >= 0.3 is 0 Å². The van der Waals surface area contributed by atoms with Crippen molar-refractivity contribution in [2.45, 2.75) is 44.2 Å². The minimum absolute atomic E-state index is 0.169. The van der Waals surface area contributed by atoms with Crippen LogP contribution in [0.2, 0.25) is 10.0 Å². The van der Waals surface area contributed by atoms with Crippen LogP contribution in [0.4, 0.5) is 0 Å². The molecule has 0 amide bonds. The van der Waals surface area contributed by atoms with Gasteiger partial charge in [0.25, 0.3) is 0 Å². The molecule has 4 heteroatoms. The fraction of sp³-hybridized carbons (Fsp3) is 0.429. The summed E-state index contributed by atoms with van der Waals surface area (Å²) < 4.78 is 0. The van der Waals surface area contributed by atoms with Crippen molar-refractivity contribution in [3.63, 3.8) is 0 Å². The Morgan fingerprint density at radius 3 is 2.48 bits per heavy atom. The molecule has 2 aromatic carbocycles. The second-order valence-electron chi connectivity index (χ2n) is 6.78. The SMILES string of the molecule is CC[C@@H](CO)N1CCC[C@H](c2cccc(Cl)c2)[C@H]1c1ccc(Cl)cc1. The van der Waals surface area contributed by atoms with Gasteiger partial charge in [0, 0.05) is 28.0 Å². The third-order valence-electron chi connectivity index (χ3n) is 5.31. The Kier molecular flexibility index (Phi) is 6.40. The summed E-state index contributed by atoms with van der Waals surface area (Å²) in [4.78, 5) is 2.47. The summed E-state index contributed by atoms with van der Waals surface area (Å²) in [5, 5.41) is 11.4. The fourth-order valence-corrected chi connectivity index (χ4v) is 4.39. The second kappa shape index (κ2) is 8.55. The molecule has 1 heterocycles. The van der Waals surface area contributed by atoms with Crippen molar-refractivity contribution in [2.75, 3.05) is 13.2 Å². The van der Waals surface area contributed by atoms with Gasteiger partial charge in [-0.25, -0.2) is 0 Å². The van der Waals surface area contributed by atoms with E-state index in [4.69, 9.17) is 23.2 Å². The Morgan fingerprint density at radius 2 is 1.84 bits per heavy atom. The van der Waals surface area contributed by atoms with Gasteiger partial charge in [0.1, 0.15) is 0 Å². The van der Waals surface area contributed by atoms with Crippen molar-refractivity contribution in [1.29, 1.82) is 0 Å². The van der Waals surface area contributed by atoms with Crippen LogP contribution in [0.5, 0.6) is 0 Å². The molecular formula is C21H25Cl2NO. The first-order valence-corrected chi connectivity index (χ1v) is 9.77. The Labute approximate surface area is 160 Å². The summed E-state index contributed by atoms with van der Waals surface area (Å²) in [6, 6.07) is 16.7. The van der Waals surface area contributed by atoms with Crippen LogP contribution in [0.25, 0.3) is 0 Å². The molecule has 2 nitrogen and oxygen atoms in total. The topological polar surface area (TPSA) is 23.5 Å². The summed E-state index contributed by atoms with van der Waals surface area (Å²) in [6.45, 7) is 3.33. The molecule has 3 rings (SSSR count). The molecule has 1 saturated heterocycles. The van der Waals surface area contributed by atoms with Crippen molar-refractivity contribution in [3.05, 3.63) is 69.7 Å². The molecule has 25 heavy (non-hydrogen) atoms. The van der Waals surface area contributed by atoms with Crippen molar-refractivity contribution in [1.82, 2.24) is 4.90 Å². The fourth-order valence-electron chi connectivity index (χ4n) is 4.07. The van der Waals surface area contributed by atoms with E-state index >= 15 is 0 Å². The van der Waals surface area contributed by atoms with E-state index in [2.05, 4.69) is 36.1 Å². The van der Waals surface area contributed by atoms with Crippen molar-refractivity contribution in [2.24, 2.45) is 0 Å². The Hall–Kier alpha value is -1.06.